The molecule has 2 heterocycles. The third-order valence-corrected chi connectivity index (χ3v) is 7.57. The van der Waals surface area contributed by atoms with E-state index in [4.69, 9.17) is 9.94 Å². The summed E-state index contributed by atoms with van der Waals surface area (Å²) in [6, 6.07) is 4.38. The van der Waals surface area contributed by atoms with Crippen molar-refractivity contribution >= 4 is 25.8 Å². The third kappa shape index (κ3) is 5.55. The van der Waals surface area contributed by atoms with Gasteiger partial charge in [0.15, 0.2) is 0 Å². The molecule has 1 aliphatic rings. The maximum absolute atomic E-state index is 13.2. The van der Waals surface area contributed by atoms with Gasteiger partial charge in [0, 0.05) is 25.1 Å². The van der Waals surface area contributed by atoms with E-state index in [1.807, 2.05) is 0 Å². The summed E-state index contributed by atoms with van der Waals surface area (Å²) in [6.45, 7) is -0.00712. The molecule has 0 saturated carbocycles. The first-order chi connectivity index (χ1) is 14.6. The molecule has 1 atom stereocenters. The van der Waals surface area contributed by atoms with Crippen molar-refractivity contribution in [1.82, 2.24) is 19.8 Å². The van der Waals surface area contributed by atoms with Crippen LogP contribution in [0.15, 0.2) is 41.6 Å². The van der Waals surface area contributed by atoms with Gasteiger partial charge in [0.2, 0.25) is 10.0 Å². The zero-order valence-electron chi connectivity index (χ0n) is 16.6. The molecule has 0 saturated heterocycles. The highest BCUT2D eigenvalue weighted by molar-refractivity contribution is 7.90. The van der Waals surface area contributed by atoms with Gasteiger partial charge in [0.05, 0.1) is 35.2 Å². The van der Waals surface area contributed by atoms with Crippen molar-refractivity contribution in [3.8, 4) is 5.75 Å². The second kappa shape index (κ2) is 9.26. The summed E-state index contributed by atoms with van der Waals surface area (Å²) in [6.07, 6.45) is 4.31. The van der Waals surface area contributed by atoms with Crippen LogP contribution in [0.1, 0.15) is 17.8 Å². The molecule has 31 heavy (non-hydrogen) atoms. The number of aromatic nitrogens is 2. The maximum Gasteiger partial charge on any atom is 0.262 e. The Morgan fingerprint density at radius 1 is 1.16 bits per heavy atom. The average molecular weight is 471 g/mol. The van der Waals surface area contributed by atoms with E-state index in [0.29, 0.717) is 23.6 Å². The summed E-state index contributed by atoms with van der Waals surface area (Å²) in [5.41, 5.74) is 2.43. The number of carbonyl (C=O) groups is 1. The van der Waals surface area contributed by atoms with Crippen LogP contribution in [0.25, 0.3) is 0 Å². The molecule has 1 aromatic heterocycles. The van der Waals surface area contributed by atoms with Gasteiger partial charge in [-0.05, 0) is 30.7 Å². The van der Waals surface area contributed by atoms with Crippen molar-refractivity contribution in [2.45, 2.75) is 30.3 Å². The van der Waals surface area contributed by atoms with Crippen molar-refractivity contribution in [3.05, 3.63) is 48.0 Å². The molecule has 0 radical (unpaired) electrons. The monoisotopic (exact) mass is 470 g/mol. The number of nitrogens with zero attached hydrogens (tertiary/aromatic N) is 3. The van der Waals surface area contributed by atoms with Crippen LogP contribution < -0.4 is 10.2 Å². The van der Waals surface area contributed by atoms with Crippen molar-refractivity contribution in [3.63, 3.8) is 0 Å². The summed E-state index contributed by atoms with van der Waals surface area (Å²) in [5, 5.41) is 9.07. The molecule has 1 unspecified atom stereocenters. The van der Waals surface area contributed by atoms with Gasteiger partial charge in [-0.1, -0.05) is 0 Å². The Morgan fingerprint density at radius 3 is 2.42 bits per heavy atom. The molecule has 3 rings (SSSR count). The minimum Gasteiger partial charge on any atom is -0.494 e. The molecule has 0 spiro atoms. The molecule has 13 heteroatoms. The zero-order chi connectivity index (χ0) is 22.6. The minimum absolute atomic E-state index is 0.00685. The van der Waals surface area contributed by atoms with Gasteiger partial charge < -0.3 is 4.74 Å². The first-order valence-electron chi connectivity index (χ1n) is 9.27. The number of ether oxygens (including phenoxy) is 1. The Morgan fingerprint density at radius 2 is 1.81 bits per heavy atom. The first kappa shape index (κ1) is 23.1. The lowest BCUT2D eigenvalue weighted by molar-refractivity contribution is -0.133. The number of fused-ring (bicyclic) bond motifs is 1. The number of hydrogen-bond acceptors (Lipinski definition) is 9. The van der Waals surface area contributed by atoms with Crippen LogP contribution in [-0.4, -0.2) is 66.9 Å². The Labute approximate surface area is 180 Å². The van der Waals surface area contributed by atoms with Crippen LogP contribution in [0.3, 0.4) is 0 Å². The largest absolute Gasteiger partial charge is 0.494 e. The number of sulfone groups is 1. The Bertz CT molecular complexity index is 1150. The van der Waals surface area contributed by atoms with E-state index in [0.717, 1.165) is 10.6 Å². The number of carbonyl (C=O) groups excluding carboxylic acids is 1. The number of rotatable bonds is 8. The van der Waals surface area contributed by atoms with E-state index in [2.05, 4.69) is 9.97 Å². The summed E-state index contributed by atoms with van der Waals surface area (Å²) < 4.78 is 55.1. The Kier molecular flexibility index (Phi) is 6.89. The number of sulfonamides is 1. The third-order valence-electron chi connectivity index (χ3n) is 4.67. The molecule has 2 aromatic rings. The molecule has 0 aliphatic carbocycles. The number of benzene rings is 1. The second-order valence-electron chi connectivity index (χ2n) is 7.00. The van der Waals surface area contributed by atoms with Gasteiger partial charge in [-0.3, -0.25) is 20.0 Å². The predicted octanol–water partition coefficient (Wildman–Crippen LogP) is -0.0889. The van der Waals surface area contributed by atoms with E-state index in [9.17, 15) is 21.6 Å². The summed E-state index contributed by atoms with van der Waals surface area (Å²) in [4.78, 5) is 20.4. The molecule has 11 nitrogen and oxygen atoms in total. The summed E-state index contributed by atoms with van der Waals surface area (Å²) in [5.74, 6) is -0.495. The number of amides is 1. The van der Waals surface area contributed by atoms with Crippen LogP contribution in [0, 0.1) is 0 Å². The number of hydroxylamine groups is 1. The van der Waals surface area contributed by atoms with Gasteiger partial charge in [-0.25, -0.2) is 22.3 Å². The van der Waals surface area contributed by atoms with Crippen molar-refractivity contribution in [2.75, 3.05) is 18.6 Å². The van der Waals surface area contributed by atoms with E-state index >= 15 is 0 Å². The first-order valence-corrected chi connectivity index (χ1v) is 12.8. The molecule has 1 aromatic carbocycles. The quantitative estimate of drug-likeness (QED) is 0.306. The molecular weight excluding hydrogens is 448 g/mol. The SMILES string of the molecule is CS(=O)(=O)CCCOc1ccc(S(=O)(=O)N2Cc3nccnc3CC2C(=O)NO)cc1. The van der Waals surface area contributed by atoms with Crippen LogP contribution in [0.5, 0.6) is 5.75 Å². The molecule has 1 amide bonds. The lowest BCUT2D eigenvalue weighted by atomic mass is 10.0. The normalized spacial score (nSPS) is 17.0. The van der Waals surface area contributed by atoms with Gasteiger partial charge in [-0.2, -0.15) is 4.31 Å². The molecular formula is C18H22N4O7S2. The van der Waals surface area contributed by atoms with Crippen molar-refractivity contribution in [2.24, 2.45) is 0 Å². The average Bonchev–Trinajstić information content (AvgIpc) is 2.75. The molecule has 168 valence electrons. The standard InChI is InChI=1S/C18H22N4O7S2/c1-30(25,26)10-2-9-29-13-3-5-14(6-4-13)31(27,28)22-12-16-15(19-7-8-20-16)11-17(22)18(23)21-24/h3-8,17,24H,2,9-12H2,1H3,(H,21,23). The van der Waals surface area contributed by atoms with Gasteiger partial charge in [0.1, 0.15) is 21.6 Å². The minimum atomic E-state index is -4.11. The van der Waals surface area contributed by atoms with E-state index in [-0.39, 0.29) is 30.2 Å². The van der Waals surface area contributed by atoms with Crippen LogP contribution in [-0.2, 0) is 37.6 Å². The van der Waals surface area contributed by atoms with Gasteiger partial charge in [0.25, 0.3) is 5.91 Å². The second-order valence-corrected chi connectivity index (χ2v) is 11.1. The van der Waals surface area contributed by atoms with Crippen LogP contribution in [0.4, 0.5) is 0 Å². The number of nitrogens with one attached hydrogen (secondary N) is 1. The smallest absolute Gasteiger partial charge is 0.262 e. The molecule has 0 fully saturated rings. The van der Waals surface area contributed by atoms with Crippen LogP contribution >= 0.6 is 0 Å². The Balaban J connectivity index is 1.78. The summed E-state index contributed by atoms with van der Waals surface area (Å²) in [7, 11) is -7.19. The fourth-order valence-corrected chi connectivity index (χ4v) is 5.34. The van der Waals surface area contributed by atoms with Crippen molar-refractivity contribution in [1.29, 1.82) is 0 Å². The van der Waals surface area contributed by atoms with Crippen molar-refractivity contribution < 1.29 is 31.6 Å². The van der Waals surface area contributed by atoms with Gasteiger partial charge in [-0.15, -0.1) is 0 Å². The fraction of sp³-hybridized carbons (Fsp3) is 0.389. The van der Waals surface area contributed by atoms with E-state index < -0.39 is 31.8 Å². The van der Waals surface area contributed by atoms with E-state index in [1.54, 1.807) is 0 Å². The fourth-order valence-electron chi connectivity index (χ4n) is 3.15. The van der Waals surface area contributed by atoms with Crippen LogP contribution in [0.2, 0.25) is 0 Å². The highest BCUT2D eigenvalue weighted by Crippen LogP contribution is 2.28. The highest BCUT2D eigenvalue weighted by atomic mass is 32.2. The number of hydrogen-bond donors (Lipinski definition) is 2. The highest BCUT2D eigenvalue weighted by Gasteiger charge is 2.40. The van der Waals surface area contributed by atoms with Gasteiger partial charge >= 0.3 is 0 Å². The predicted molar refractivity (Wildman–Crippen MR) is 108 cm³/mol. The lowest BCUT2D eigenvalue weighted by Crippen LogP contribution is -2.52. The lowest BCUT2D eigenvalue weighted by Gasteiger charge is -2.33. The van der Waals surface area contributed by atoms with E-state index in [1.165, 1.54) is 42.1 Å². The topological polar surface area (TPSA) is 156 Å². The summed E-state index contributed by atoms with van der Waals surface area (Å²) >= 11 is 0. The maximum atomic E-state index is 13.2. The molecule has 2 N–H and O–H groups in total. The molecule has 1 aliphatic heterocycles. The molecule has 0 bridgehead atoms. The Hall–Kier alpha value is -2.61. The zero-order valence-corrected chi connectivity index (χ0v) is 18.3.